The Labute approximate surface area is 198 Å². The Morgan fingerprint density at radius 1 is 1.06 bits per heavy atom. The zero-order chi connectivity index (χ0) is 22.9. The molecule has 1 aliphatic heterocycles. The molecule has 1 fully saturated rings. The third-order valence-electron chi connectivity index (χ3n) is 4.93. The summed E-state index contributed by atoms with van der Waals surface area (Å²) in [7, 11) is 1.53. The molecule has 1 aromatic carbocycles. The van der Waals surface area contributed by atoms with Crippen molar-refractivity contribution in [3.63, 3.8) is 0 Å². The van der Waals surface area contributed by atoms with Crippen LogP contribution in [0.15, 0.2) is 41.8 Å². The van der Waals surface area contributed by atoms with Crippen molar-refractivity contribution in [1.82, 2.24) is 15.3 Å². The first-order chi connectivity index (χ1) is 15.5. The van der Waals surface area contributed by atoms with Gasteiger partial charge in [-0.05, 0) is 56.6 Å². The average Bonchev–Trinajstić information content (AvgIpc) is 3.23. The van der Waals surface area contributed by atoms with Crippen LogP contribution in [0, 0.1) is 20.8 Å². The van der Waals surface area contributed by atoms with Crippen molar-refractivity contribution in [3.8, 4) is 11.6 Å². The number of para-hydroxylation sites is 1. The SMILES string of the molecule is COc1nc(C)c(C)nc1NC(=S)Oc1ccccc1.Cc1sccc1N1CCNCC1. The molecule has 3 heterocycles. The Bertz CT molecular complexity index is 1020. The number of methoxy groups -OCH3 is 1. The van der Waals surface area contributed by atoms with E-state index in [9.17, 15) is 0 Å². The van der Waals surface area contributed by atoms with Crippen molar-refractivity contribution >= 4 is 40.2 Å². The van der Waals surface area contributed by atoms with Crippen LogP contribution in [0.5, 0.6) is 11.6 Å². The molecule has 0 amide bonds. The number of nitrogens with zero attached hydrogens (tertiary/aromatic N) is 3. The van der Waals surface area contributed by atoms with Gasteiger partial charge in [0, 0.05) is 31.1 Å². The van der Waals surface area contributed by atoms with Crippen molar-refractivity contribution in [2.75, 3.05) is 43.5 Å². The first-order valence-corrected chi connectivity index (χ1v) is 11.7. The summed E-state index contributed by atoms with van der Waals surface area (Å²) in [6.07, 6.45) is 0. The molecule has 4 rings (SSSR count). The molecule has 32 heavy (non-hydrogen) atoms. The highest BCUT2D eigenvalue weighted by Gasteiger charge is 2.13. The average molecular weight is 472 g/mol. The summed E-state index contributed by atoms with van der Waals surface area (Å²) in [6, 6.07) is 11.5. The molecule has 0 aliphatic carbocycles. The first kappa shape index (κ1) is 23.9. The van der Waals surface area contributed by atoms with E-state index >= 15 is 0 Å². The van der Waals surface area contributed by atoms with Crippen LogP contribution >= 0.6 is 23.6 Å². The molecule has 0 radical (unpaired) electrons. The van der Waals surface area contributed by atoms with Gasteiger partial charge in [0.2, 0.25) is 0 Å². The summed E-state index contributed by atoms with van der Waals surface area (Å²) in [5, 5.41) is 8.61. The van der Waals surface area contributed by atoms with Gasteiger partial charge in [-0.25, -0.2) is 9.97 Å². The number of thiocarbonyl (C=S) groups is 1. The number of piperazine rings is 1. The lowest BCUT2D eigenvalue weighted by Gasteiger charge is -2.29. The van der Waals surface area contributed by atoms with Gasteiger partial charge < -0.3 is 19.7 Å². The number of rotatable bonds is 4. The third-order valence-corrected chi connectivity index (χ3v) is 5.95. The summed E-state index contributed by atoms with van der Waals surface area (Å²) < 4.78 is 10.7. The highest BCUT2D eigenvalue weighted by molar-refractivity contribution is 7.80. The summed E-state index contributed by atoms with van der Waals surface area (Å²) in [5.41, 5.74) is 3.04. The molecule has 7 nitrogen and oxygen atoms in total. The van der Waals surface area contributed by atoms with Gasteiger partial charge in [-0.3, -0.25) is 5.32 Å². The molecule has 2 N–H and O–H groups in total. The second-order valence-electron chi connectivity index (χ2n) is 7.18. The fourth-order valence-electron chi connectivity index (χ4n) is 3.14. The number of nitrogens with one attached hydrogen (secondary N) is 2. The molecule has 170 valence electrons. The third kappa shape index (κ3) is 6.62. The minimum atomic E-state index is 0.187. The second kappa shape index (κ2) is 11.8. The van der Waals surface area contributed by atoms with E-state index in [-0.39, 0.29) is 5.17 Å². The standard InChI is InChI=1S/C14H15N3O2S.C9H14N2S/c1-9-10(2)16-13(18-3)12(15-9)17-14(20)19-11-7-5-4-6-8-11;1-8-9(2-7-12-8)11-5-3-10-4-6-11/h4-8H,1-3H3,(H,15,17,20);2,7,10H,3-6H2,1H3. The maximum atomic E-state index is 5.48. The normalized spacial score (nSPS) is 13.1. The van der Waals surface area contributed by atoms with Crippen LogP contribution in [-0.4, -0.2) is 48.4 Å². The summed E-state index contributed by atoms with van der Waals surface area (Å²) >= 11 is 6.98. The minimum Gasteiger partial charge on any atom is -0.478 e. The molecule has 0 bridgehead atoms. The zero-order valence-electron chi connectivity index (χ0n) is 18.8. The molecule has 0 unspecified atom stereocenters. The monoisotopic (exact) mass is 471 g/mol. The topological polar surface area (TPSA) is 71.5 Å². The number of aryl methyl sites for hydroxylation is 3. The maximum Gasteiger partial charge on any atom is 0.268 e. The Morgan fingerprint density at radius 3 is 2.38 bits per heavy atom. The smallest absolute Gasteiger partial charge is 0.268 e. The molecule has 1 saturated heterocycles. The Kier molecular flexibility index (Phi) is 8.78. The van der Waals surface area contributed by atoms with E-state index in [1.165, 1.54) is 17.7 Å². The Hall–Kier alpha value is -2.75. The van der Waals surface area contributed by atoms with Crippen LogP contribution < -0.4 is 25.0 Å². The maximum absolute atomic E-state index is 5.48. The second-order valence-corrected chi connectivity index (χ2v) is 8.67. The Morgan fingerprint density at radius 2 is 1.75 bits per heavy atom. The van der Waals surface area contributed by atoms with Gasteiger partial charge in [-0.2, -0.15) is 0 Å². The van der Waals surface area contributed by atoms with E-state index < -0.39 is 0 Å². The van der Waals surface area contributed by atoms with E-state index in [0.717, 1.165) is 37.6 Å². The van der Waals surface area contributed by atoms with Crippen LogP contribution in [0.3, 0.4) is 0 Å². The van der Waals surface area contributed by atoms with Gasteiger partial charge in [0.1, 0.15) is 5.75 Å². The lowest BCUT2D eigenvalue weighted by atomic mass is 10.3. The van der Waals surface area contributed by atoms with Gasteiger partial charge in [0.15, 0.2) is 5.82 Å². The van der Waals surface area contributed by atoms with Crippen LogP contribution in [0.2, 0.25) is 0 Å². The van der Waals surface area contributed by atoms with E-state index in [1.54, 1.807) is 0 Å². The lowest BCUT2D eigenvalue weighted by molar-refractivity contribution is 0.396. The quantitative estimate of drug-likeness (QED) is 0.545. The van der Waals surface area contributed by atoms with E-state index in [4.69, 9.17) is 21.7 Å². The molecule has 0 saturated carbocycles. The van der Waals surface area contributed by atoms with Gasteiger partial charge in [-0.15, -0.1) is 11.3 Å². The van der Waals surface area contributed by atoms with Crippen molar-refractivity contribution in [2.45, 2.75) is 20.8 Å². The van der Waals surface area contributed by atoms with E-state index in [0.29, 0.717) is 17.4 Å². The lowest BCUT2D eigenvalue weighted by Crippen LogP contribution is -2.43. The number of anilines is 2. The number of benzene rings is 1. The van der Waals surface area contributed by atoms with Crippen LogP contribution in [0.4, 0.5) is 11.5 Å². The molecule has 1 aliphatic rings. The summed E-state index contributed by atoms with van der Waals surface area (Å²) in [4.78, 5) is 12.6. The minimum absolute atomic E-state index is 0.187. The van der Waals surface area contributed by atoms with E-state index in [1.807, 2.05) is 55.5 Å². The molecular formula is C23H29N5O2S2. The molecule has 3 aromatic rings. The number of hydrogen-bond donors (Lipinski definition) is 2. The van der Waals surface area contributed by atoms with Crippen molar-refractivity contribution in [3.05, 3.63) is 58.0 Å². The van der Waals surface area contributed by atoms with E-state index in [2.05, 4.69) is 43.9 Å². The van der Waals surface area contributed by atoms with Crippen molar-refractivity contribution < 1.29 is 9.47 Å². The van der Waals surface area contributed by atoms with Gasteiger partial charge >= 0.3 is 0 Å². The number of aromatic nitrogens is 2. The molecule has 9 heteroatoms. The first-order valence-electron chi connectivity index (χ1n) is 10.4. The predicted octanol–water partition coefficient (Wildman–Crippen LogP) is 4.34. The fourth-order valence-corrected chi connectivity index (χ4v) is 4.05. The summed E-state index contributed by atoms with van der Waals surface area (Å²) in [6.45, 7) is 10.5. The zero-order valence-corrected chi connectivity index (χ0v) is 20.5. The largest absolute Gasteiger partial charge is 0.478 e. The highest BCUT2D eigenvalue weighted by atomic mass is 32.1. The number of thiophene rings is 1. The molecular weight excluding hydrogens is 442 g/mol. The number of hydrogen-bond acceptors (Lipinski definition) is 8. The van der Waals surface area contributed by atoms with Crippen LogP contribution in [-0.2, 0) is 0 Å². The van der Waals surface area contributed by atoms with Crippen molar-refractivity contribution in [2.24, 2.45) is 0 Å². The number of ether oxygens (including phenoxy) is 2. The van der Waals surface area contributed by atoms with Gasteiger partial charge in [0.25, 0.3) is 11.1 Å². The van der Waals surface area contributed by atoms with Crippen LogP contribution in [0.25, 0.3) is 0 Å². The summed E-state index contributed by atoms with van der Waals surface area (Å²) in [5.74, 6) is 1.48. The highest BCUT2D eigenvalue weighted by Crippen LogP contribution is 2.25. The Balaban J connectivity index is 0.000000204. The van der Waals surface area contributed by atoms with Crippen molar-refractivity contribution in [1.29, 1.82) is 0 Å². The fraction of sp³-hybridized carbons (Fsp3) is 0.348. The van der Waals surface area contributed by atoms with Crippen LogP contribution in [0.1, 0.15) is 16.3 Å². The molecule has 0 atom stereocenters. The molecule has 0 spiro atoms. The van der Waals surface area contributed by atoms with Gasteiger partial charge in [0.05, 0.1) is 24.2 Å². The predicted molar refractivity (Wildman–Crippen MR) is 135 cm³/mol. The molecule has 2 aromatic heterocycles. The van der Waals surface area contributed by atoms with Gasteiger partial charge in [-0.1, -0.05) is 18.2 Å².